The summed E-state index contributed by atoms with van der Waals surface area (Å²) < 4.78 is 27.8. The Bertz CT molecular complexity index is 141. The summed E-state index contributed by atoms with van der Waals surface area (Å²) in [6, 6.07) is 0. The Hall–Kier alpha value is 0.910. The molecular weight excluding hydrogens is 139 g/mol. The van der Waals surface area contributed by atoms with Gasteiger partial charge in [0.15, 0.2) is 0 Å². The van der Waals surface area contributed by atoms with Crippen molar-refractivity contribution in [3.05, 3.63) is 0 Å². The van der Waals surface area contributed by atoms with Crippen LogP contribution < -0.4 is 29.6 Å². The van der Waals surface area contributed by atoms with Crippen molar-refractivity contribution < 1.29 is 44.0 Å². The first-order valence-corrected chi connectivity index (χ1v) is 3.41. The molecule has 0 radical (unpaired) electrons. The second-order valence-electron chi connectivity index (χ2n) is 1.56. The van der Waals surface area contributed by atoms with Crippen LogP contribution in [0.4, 0.5) is 0 Å². The van der Waals surface area contributed by atoms with Gasteiger partial charge in [0, 0.05) is 0 Å². The Balaban J connectivity index is -0.000000180. The molecule has 0 saturated carbocycles. The molecule has 0 spiro atoms. The summed E-state index contributed by atoms with van der Waals surface area (Å²) in [5, 5.41) is -0.674. The zero-order chi connectivity index (χ0) is 6.08. The molecule has 0 aromatic carbocycles. The molecule has 0 fully saturated rings. The maximum atomic E-state index is 9.89. The molecule has 5 heteroatoms. The minimum atomic E-state index is -3.74. The van der Waals surface area contributed by atoms with Crippen LogP contribution in [-0.4, -0.2) is 18.2 Å². The van der Waals surface area contributed by atoms with Crippen LogP contribution in [0, 0.1) is 0 Å². The van der Waals surface area contributed by atoms with E-state index in [0.717, 1.165) is 0 Å². The molecule has 46 valence electrons. The van der Waals surface area contributed by atoms with Crippen molar-refractivity contribution in [2.75, 3.05) is 0 Å². The molecule has 1 N–H and O–H groups in total. The molecule has 0 aromatic rings. The summed E-state index contributed by atoms with van der Waals surface area (Å²) in [5.74, 6) is 0. The number of hydrogen-bond acceptors (Lipinski definition) is 2. The molecule has 0 saturated heterocycles. The minimum Gasteiger partial charge on any atom is -1.00 e. The molecule has 0 amide bonds. The smallest absolute Gasteiger partial charge is 1.00 e. The SMILES string of the molecule is CC(C)S(=O)(=O)O.[H-].[Na+]. The normalized spacial score (nSPS) is 11.0. The quantitative estimate of drug-likeness (QED) is 0.328. The van der Waals surface area contributed by atoms with Crippen LogP contribution >= 0.6 is 0 Å². The van der Waals surface area contributed by atoms with Gasteiger partial charge in [0.1, 0.15) is 0 Å². The van der Waals surface area contributed by atoms with Crippen molar-refractivity contribution in [3.8, 4) is 0 Å². The maximum Gasteiger partial charge on any atom is 1.00 e. The van der Waals surface area contributed by atoms with E-state index in [2.05, 4.69) is 0 Å². The van der Waals surface area contributed by atoms with Crippen molar-refractivity contribution in [2.24, 2.45) is 0 Å². The van der Waals surface area contributed by atoms with Crippen LogP contribution in [0.2, 0.25) is 0 Å². The van der Waals surface area contributed by atoms with Crippen molar-refractivity contribution in [3.63, 3.8) is 0 Å². The molecule has 0 rings (SSSR count). The van der Waals surface area contributed by atoms with E-state index in [4.69, 9.17) is 4.55 Å². The van der Waals surface area contributed by atoms with Gasteiger partial charge >= 0.3 is 29.6 Å². The van der Waals surface area contributed by atoms with E-state index in [-0.39, 0.29) is 31.0 Å². The van der Waals surface area contributed by atoms with E-state index in [1.165, 1.54) is 13.8 Å². The fraction of sp³-hybridized carbons (Fsp3) is 1.00. The standard InChI is InChI=1S/C3H8O3S.Na.H/c1-3(2)7(4,5)6;;/h3H,1-2H3,(H,4,5,6);;/q;+1;-1. The van der Waals surface area contributed by atoms with Crippen LogP contribution in [-0.2, 0) is 10.1 Å². The molecular formula is C3H9NaO3S. The van der Waals surface area contributed by atoms with Gasteiger partial charge in [-0.05, 0) is 13.8 Å². The summed E-state index contributed by atoms with van der Waals surface area (Å²) in [7, 11) is -3.74. The Labute approximate surface area is 73.0 Å². The van der Waals surface area contributed by atoms with Gasteiger partial charge in [-0.15, -0.1) is 0 Å². The fourth-order valence-electron chi connectivity index (χ4n) is 0. The first kappa shape index (κ1) is 11.7. The van der Waals surface area contributed by atoms with Gasteiger partial charge in [-0.2, -0.15) is 8.42 Å². The van der Waals surface area contributed by atoms with Crippen LogP contribution in [0.25, 0.3) is 0 Å². The zero-order valence-corrected chi connectivity index (χ0v) is 8.07. The largest absolute Gasteiger partial charge is 1.00 e. The van der Waals surface area contributed by atoms with Crippen LogP contribution in [0.15, 0.2) is 0 Å². The van der Waals surface area contributed by atoms with Gasteiger partial charge < -0.3 is 1.43 Å². The number of rotatable bonds is 1. The number of hydrogen-bond donors (Lipinski definition) is 1. The third-order valence-electron chi connectivity index (χ3n) is 0.596. The molecule has 3 nitrogen and oxygen atoms in total. The topological polar surface area (TPSA) is 54.4 Å². The molecule has 8 heavy (non-hydrogen) atoms. The van der Waals surface area contributed by atoms with E-state index in [9.17, 15) is 8.42 Å². The van der Waals surface area contributed by atoms with Crippen molar-refractivity contribution in [1.82, 2.24) is 0 Å². The average molecular weight is 148 g/mol. The molecule has 0 atom stereocenters. The third-order valence-corrected chi connectivity index (χ3v) is 1.79. The molecule has 0 aliphatic carbocycles. The first-order valence-electron chi connectivity index (χ1n) is 1.91. The van der Waals surface area contributed by atoms with Gasteiger partial charge in [-0.1, -0.05) is 0 Å². The Morgan fingerprint density at radius 3 is 1.62 bits per heavy atom. The summed E-state index contributed by atoms with van der Waals surface area (Å²) in [5.41, 5.74) is 0. The van der Waals surface area contributed by atoms with E-state index in [0.29, 0.717) is 0 Å². The fourth-order valence-corrected chi connectivity index (χ4v) is 0. The van der Waals surface area contributed by atoms with E-state index in [1.54, 1.807) is 0 Å². The van der Waals surface area contributed by atoms with Crippen LogP contribution in [0.5, 0.6) is 0 Å². The summed E-state index contributed by atoms with van der Waals surface area (Å²) in [4.78, 5) is 0. The van der Waals surface area contributed by atoms with Crippen LogP contribution in [0.1, 0.15) is 15.3 Å². The van der Waals surface area contributed by atoms with Crippen molar-refractivity contribution in [1.29, 1.82) is 0 Å². The van der Waals surface area contributed by atoms with Gasteiger partial charge in [-0.3, -0.25) is 4.55 Å². The molecule has 0 aliphatic heterocycles. The van der Waals surface area contributed by atoms with Crippen molar-refractivity contribution >= 4 is 10.1 Å². The minimum absolute atomic E-state index is 0. The Morgan fingerprint density at radius 1 is 1.50 bits per heavy atom. The predicted octanol–water partition coefficient (Wildman–Crippen LogP) is -2.60. The van der Waals surface area contributed by atoms with Crippen LogP contribution in [0.3, 0.4) is 0 Å². The maximum absolute atomic E-state index is 9.89. The Morgan fingerprint density at radius 2 is 1.62 bits per heavy atom. The van der Waals surface area contributed by atoms with E-state index in [1.807, 2.05) is 0 Å². The third kappa shape index (κ3) is 5.05. The first-order chi connectivity index (χ1) is 2.94. The monoisotopic (exact) mass is 148 g/mol. The summed E-state index contributed by atoms with van der Waals surface area (Å²) in [6.45, 7) is 2.82. The van der Waals surface area contributed by atoms with E-state index >= 15 is 0 Å². The molecule has 0 aromatic heterocycles. The summed E-state index contributed by atoms with van der Waals surface area (Å²) >= 11 is 0. The molecule has 0 bridgehead atoms. The van der Waals surface area contributed by atoms with Gasteiger partial charge in [0.05, 0.1) is 5.25 Å². The predicted molar refractivity (Wildman–Crippen MR) is 27.8 cm³/mol. The van der Waals surface area contributed by atoms with E-state index < -0.39 is 15.4 Å². The van der Waals surface area contributed by atoms with Crippen molar-refractivity contribution in [2.45, 2.75) is 19.1 Å². The Kier molecular flexibility index (Phi) is 5.61. The second-order valence-corrected chi connectivity index (χ2v) is 3.54. The second kappa shape index (κ2) is 3.85. The zero-order valence-electron chi connectivity index (χ0n) is 6.25. The van der Waals surface area contributed by atoms with Gasteiger partial charge in [0.25, 0.3) is 10.1 Å². The molecule has 0 heterocycles. The van der Waals surface area contributed by atoms with Gasteiger partial charge in [0.2, 0.25) is 0 Å². The van der Waals surface area contributed by atoms with Gasteiger partial charge in [-0.25, -0.2) is 0 Å². The average Bonchev–Trinajstić information content (AvgIpc) is 1.31. The molecule has 0 aliphatic rings. The molecule has 0 unspecified atom stereocenters. The summed E-state index contributed by atoms with van der Waals surface area (Å²) in [6.07, 6.45) is 0.